The number of nitrogens with one attached hydrogen (secondary N) is 2. The van der Waals surface area contributed by atoms with Gasteiger partial charge in [0.2, 0.25) is 0 Å². The summed E-state index contributed by atoms with van der Waals surface area (Å²) in [7, 11) is 0. The fourth-order valence-corrected chi connectivity index (χ4v) is 3.03. The number of carbonyl (C=O) groups is 2. The SMILES string of the molecule is CC(C)(C)c1ccccc1OCC(=O)Nc1cccc(C(=O)Nc2ccc(F)cc2)c1. The first-order chi connectivity index (χ1) is 14.7. The van der Waals surface area contributed by atoms with Gasteiger partial charge < -0.3 is 15.4 Å². The second-order valence-electron chi connectivity index (χ2n) is 8.12. The van der Waals surface area contributed by atoms with Crippen LogP contribution in [-0.2, 0) is 10.2 Å². The molecule has 0 unspecified atom stereocenters. The van der Waals surface area contributed by atoms with E-state index in [9.17, 15) is 14.0 Å². The highest BCUT2D eigenvalue weighted by Gasteiger charge is 2.19. The van der Waals surface area contributed by atoms with E-state index >= 15 is 0 Å². The van der Waals surface area contributed by atoms with Crippen LogP contribution in [0.2, 0.25) is 0 Å². The van der Waals surface area contributed by atoms with Crippen LogP contribution >= 0.6 is 0 Å². The number of amides is 2. The van der Waals surface area contributed by atoms with E-state index in [1.165, 1.54) is 24.3 Å². The Balaban J connectivity index is 1.61. The molecule has 0 aromatic heterocycles. The molecular weight excluding hydrogens is 395 g/mol. The second-order valence-corrected chi connectivity index (χ2v) is 8.12. The lowest BCUT2D eigenvalue weighted by atomic mass is 9.86. The minimum atomic E-state index is -0.380. The molecule has 31 heavy (non-hydrogen) atoms. The van der Waals surface area contributed by atoms with Gasteiger partial charge >= 0.3 is 0 Å². The summed E-state index contributed by atoms with van der Waals surface area (Å²) in [6.07, 6.45) is 0. The van der Waals surface area contributed by atoms with Crippen molar-refractivity contribution in [3.63, 3.8) is 0 Å². The third-order valence-electron chi connectivity index (χ3n) is 4.56. The maximum atomic E-state index is 13.0. The van der Waals surface area contributed by atoms with E-state index in [2.05, 4.69) is 31.4 Å². The van der Waals surface area contributed by atoms with Crippen LogP contribution in [0, 0.1) is 5.82 Å². The zero-order chi connectivity index (χ0) is 22.4. The molecule has 3 aromatic carbocycles. The topological polar surface area (TPSA) is 67.4 Å². The Bertz CT molecular complexity index is 1070. The lowest BCUT2D eigenvalue weighted by molar-refractivity contribution is -0.118. The van der Waals surface area contributed by atoms with Crippen LogP contribution in [-0.4, -0.2) is 18.4 Å². The van der Waals surface area contributed by atoms with Crippen LogP contribution in [0.1, 0.15) is 36.7 Å². The lowest BCUT2D eigenvalue weighted by Crippen LogP contribution is -2.22. The van der Waals surface area contributed by atoms with Crippen LogP contribution in [0.25, 0.3) is 0 Å². The maximum Gasteiger partial charge on any atom is 0.262 e. The minimum Gasteiger partial charge on any atom is -0.483 e. The quantitative estimate of drug-likeness (QED) is 0.562. The van der Waals surface area contributed by atoms with Gasteiger partial charge in [-0.25, -0.2) is 4.39 Å². The first-order valence-corrected chi connectivity index (χ1v) is 9.91. The molecule has 0 atom stereocenters. The number of para-hydroxylation sites is 1. The highest BCUT2D eigenvalue weighted by molar-refractivity contribution is 6.05. The Morgan fingerprint density at radius 3 is 2.29 bits per heavy atom. The number of benzene rings is 3. The van der Waals surface area contributed by atoms with Crippen molar-refractivity contribution in [2.45, 2.75) is 26.2 Å². The monoisotopic (exact) mass is 420 g/mol. The molecular formula is C25H25FN2O3. The first kappa shape index (κ1) is 22.0. The molecule has 3 rings (SSSR count). The van der Waals surface area contributed by atoms with Gasteiger partial charge in [-0.15, -0.1) is 0 Å². The van der Waals surface area contributed by atoms with Crippen molar-refractivity contribution in [3.8, 4) is 5.75 Å². The van der Waals surface area contributed by atoms with Gasteiger partial charge in [0.05, 0.1) is 0 Å². The van der Waals surface area contributed by atoms with Crippen LogP contribution in [0.5, 0.6) is 5.75 Å². The molecule has 5 nitrogen and oxygen atoms in total. The normalized spacial score (nSPS) is 11.0. The number of hydrogen-bond acceptors (Lipinski definition) is 3. The second kappa shape index (κ2) is 9.43. The van der Waals surface area contributed by atoms with Crippen molar-refractivity contribution in [1.29, 1.82) is 0 Å². The summed E-state index contributed by atoms with van der Waals surface area (Å²) in [5, 5.41) is 5.43. The molecule has 2 amide bonds. The fraction of sp³-hybridized carbons (Fsp3) is 0.200. The van der Waals surface area contributed by atoms with Crippen molar-refractivity contribution in [1.82, 2.24) is 0 Å². The van der Waals surface area contributed by atoms with Crippen molar-refractivity contribution < 1.29 is 18.7 Å². The number of hydrogen-bond donors (Lipinski definition) is 2. The number of ether oxygens (including phenoxy) is 1. The standard InChI is InChI=1S/C25H25FN2O3/c1-25(2,3)21-9-4-5-10-22(21)31-16-23(29)27-20-8-6-7-17(15-20)24(30)28-19-13-11-18(26)12-14-19/h4-15H,16H2,1-3H3,(H,27,29)(H,28,30). The zero-order valence-corrected chi connectivity index (χ0v) is 17.7. The molecule has 3 aromatic rings. The Hall–Kier alpha value is -3.67. The van der Waals surface area contributed by atoms with E-state index in [0.29, 0.717) is 22.7 Å². The Kier molecular flexibility index (Phi) is 6.70. The molecule has 160 valence electrons. The molecule has 0 saturated carbocycles. The molecule has 0 fully saturated rings. The summed E-state index contributed by atoms with van der Waals surface area (Å²) < 4.78 is 18.8. The van der Waals surface area contributed by atoms with E-state index in [4.69, 9.17) is 4.74 Å². The van der Waals surface area contributed by atoms with E-state index in [-0.39, 0.29) is 29.7 Å². The summed E-state index contributed by atoms with van der Waals surface area (Å²) >= 11 is 0. The number of anilines is 2. The third-order valence-corrected chi connectivity index (χ3v) is 4.56. The number of rotatable bonds is 6. The summed E-state index contributed by atoms with van der Waals surface area (Å²) in [5.74, 6) is -0.412. The molecule has 0 aliphatic heterocycles. The summed E-state index contributed by atoms with van der Waals surface area (Å²) in [6, 6.07) is 19.7. The number of halogens is 1. The van der Waals surface area contributed by atoms with Crippen molar-refractivity contribution >= 4 is 23.2 Å². The molecule has 0 heterocycles. The molecule has 0 bridgehead atoms. The predicted octanol–water partition coefficient (Wildman–Crippen LogP) is 5.39. The van der Waals surface area contributed by atoms with Gasteiger partial charge in [0.1, 0.15) is 11.6 Å². The molecule has 0 radical (unpaired) electrons. The predicted molar refractivity (Wildman–Crippen MR) is 120 cm³/mol. The lowest BCUT2D eigenvalue weighted by Gasteiger charge is -2.22. The Morgan fingerprint density at radius 1 is 0.871 bits per heavy atom. The van der Waals surface area contributed by atoms with Gasteiger partial charge in [-0.1, -0.05) is 45.0 Å². The van der Waals surface area contributed by atoms with Crippen LogP contribution in [0.15, 0.2) is 72.8 Å². The van der Waals surface area contributed by atoms with Gasteiger partial charge in [-0.3, -0.25) is 9.59 Å². The van der Waals surface area contributed by atoms with Gasteiger partial charge in [0, 0.05) is 16.9 Å². The smallest absolute Gasteiger partial charge is 0.262 e. The number of carbonyl (C=O) groups excluding carboxylic acids is 2. The molecule has 0 aliphatic carbocycles. The summed E-state index contributed by atoms with van der Waals surface area (Å²) in [6.45, 7) is 6.09. The zero-order valence-electron chi connectivity index (χ0n) is 17.7. The van der Waals surface area contributed by atoms with Crippen molar-refractivity contribution in [2.75, 3.05) is 17.2 Å². The van der Waals surface area contributed by atoms with Crippen LogP contribution < -0.4 is 15.4 Å². The Labute approximate surface area is 181 Å². The van der Waals surface area contributed by atoms with E-state index in [1.54, 1.807) is 24.3 Å². The van der Waals surface area contributed by atoms with Crippen molar-refractivity contribution in [3.05, 3.63) is 89.7 Å². The maximum absolute atomic E-state index is 13.0. The van der Waals surface area contributed by atoms with Crippen LogP contribution in [0.4, 0.5) is 15.8 Å². The Morgan fingerprint density at radius 2 is 1.58 bits per heavy atom. The van der Waals surface area contributed by atoms with E-state index in [1.807, 2.05) is 24.3 Å². The molecule has 0 aliphatic rings. The van der Waals surface area contributed by atoms with Crippen molar-refractivity contribution in [2.24, 2.45) is 0 Å². The molecule has 0 spiro atoms. The van der Waals surface area contributed by atoms with Gasteiger partial charge in [0.25, 0.3) is 11.8 Å². The summed E-state index contributed by atoms with van der Waals surface area (Å²) in [4.78, 5) is 24.8. The average Bonchev–Trinajstić information content (AvgIpc) is 2.73. The molecule has 0 saturated heterocycles. The largest absolute Gasteiger partial charge is 0.483 e. The molecule has 6 heteroatoms. The summed E-state index contributed by atoms with van der Waals surface area (Å²) in [5.41, 5.74) is 2.22. The molecule has 2 N–H and O–H groups in total. The highest BCUT2D eigenvalue weighted by atomic mass is 19.1. The van der Waals surface area contributed by atoms with E-state index in [0.717, 1.165) is 5.56 Å². The van der Waals surface area contributed by atoms with E-state index < -0.39 is 0 Å². The highest BCUT2D eigenvalue weighted by Crippen LogP contribution is 2.30. The minimum absolute atomic E-state index is 0.112. The first-order valence-electron chi connectivity index (χ1n) is 9.91. The van der Waals surface area contributed by atoms with Gasteiger partial charge in [-0.05, 0) is 59.5 Å². The fourth-order valence-electron chi connectivity index (χ4n) is 3.03. The van der Waals surface area contributed by atoms with Gasteiger partial charge in [0.15, 0.2) is 6.61 Å². The van der Waals surface area contributed by atoms with Crippen LogP contribution in [0.3, 0.4) is 0 Å². The average molecular weight is 420 g/mol. The third kappa shape index (κ3) is 6.15. The van der Waals surface area contributed by atoms with Gasteiger partial charge in [-0.2, -0.15) is 0 Å².